The first-order valence-corrected chi connectivity index (χ1v) is 9.59. The minimum atomic E-state index is 0.313. The van der Waals surface area contributed by atoms with Crippen molar-refractivity contribution in [3.05, 3.63) is 23.8 Å². The van der Waals surface area contributed by atoms with Gasteiger partial charge in [0.15, 0.2) is 11.5 Å². The smallest absolute Gasteiger partial charge is 0.236 e. The molecule has 1 amide bonds. The zero-order valence-electron chi connectivity index (χ0n) is 15.1. The van der Waals surface area contributed by atoms with E-state index in [2.05, 4.69) is 28.9 Å². The Labute approximate surface area is 149 Å². The fourth-order valence-electron chi connectivity index (χ4n) is 4.30. The molecule has 1 unspecified atom stereocenters. The third-order valence-electron chi connectivity index (χ3n) is 5.82. The maximum atomic E-state index is 12.5. The fraction of sp³-hybridized carbons (Fsp3) is 0.650. The van der Waals surface area contributed by atoms with Crippen molar-refractivity contribution in [2.24, 2.45) is 5.92 Å². The minimum Gasteiger partial charge on any atom is -0.454 e. The Kier molecular flexibility index (Phi) is 4.84. The number of hydrogen-bond donors (Lipinski definition) is 0. The number of carbonyl (C=O) groups excluding carboxylic acids is 1. The van der Waals surface area contributed by atoms with E-state index in [1.165, 1.54) is 12.0 Å². The third kappa shape index (κ3) is 3.76. The molecule has 3 aliphatic heterocycles. The Morgan fingerprint density at radius 3 is 2.72 bits per heavy atom. The highest BCUT2D eigenvalue weighted by Crippen LogP contribution is 2.37. The number of amides is 1. The summed E-state index contributed by atoms with van der Waals surface area (Å²) >= 11 is 0. The maximum absolute atomic E-state index is 12.5. The molecule has 5 nitrogen and oxygen atoms in total. The first kappa shape index (κ1) is 16.7. The Balaban J connectivity index is 1.29. The average molecular weight is 344 g/mol. The highest BCUT2D eigenvalue weighted by molar-refractivity contribution is 5.78. The summed E-state index contributed by atoms with van der Waals surface area (Å²) < 4.78 is 10.9. The van der Waals surface area contributed by atoms with Crippen molar-refractivity contribution >= 4 is 5.91 Å². The van der Waals surface area contributed by atoms with Gasteiger partial charge in [0.25, 0.3) is 0 Å². The normalized spacial score (nSPS) is 24.5. The van der Waals surface area contributed by atoms with Crippen molar-refractivity contribution in [3.8, 4) is 11.5 Å². The first-order chi connectivity index (χ1) is 12.2. The molecular formula is C20H28N2O3. The van der Waals surface area contributed by atoms with Crippen LogP contribution in [0, 0.1) is 5.92 Å². The van der Waals surface area contributed by atoms with Crippen molar-refractivity contribution in [1.82, 2.24) is 9.80 Å². The Hall–Kier alpha value is -1.75. The molecule has 1 aromatic carbocycles. The molecule has 0 spiro atoms. The lowest BCUT2D eigenvalue weighted by Gasteiger charge is -2.35. The van der Waals surface area contributed by atoms with Gasteiger partial charge >= 0.3 is 0 Å². The predicted octanol–water partition coefficient (Wildman–Crippen LogP) is 2.85. The van der Waals surface area contributed by atoms with E-state index < -0.39 is 0 Å². The number of ether oxygens (including phenoxy) is 2. The first-order valence-electron chi connectivity index (χ1n) is 9.59. The molecule has 0 aliphatic carbocycles. The monoisotopic (exact) mass is 344 g/mol. The van der Waals surface area contributed by atoms with E-state index >= 15 is 0 Å². The van der Waals surface area contributed by atoms with Gasteiger partial charge in [0.2, 0.25) is 12.7 Å². The Morgan fingerprint density at radius 2 is 1.92 bits per heavy atom. The molecule has 0 saturated carbocycles. The highest BCUT2D eigenvalue weighted by atomic mass is 16.7. The predicted molar refractivity (Wildman–Crippen MR) is 96.0 cm³/mol. The lowest BCUT2D eigenvalue weighted by molar-refractivity contribution is -0.134. The van der Waals surface area contributed by atoms with E-state index in [0.717, 1.165) is 56.9 Å². The number of fused-ring (bicyclic) bond motifs is 1. The summed E-state index contributed by atoms with van der Waals surface area (Å²) in [7, 11) is 0. The molecule has 0 N–H and O–H groups in total. The summed E-state index contributed by atoms with van der Waals surface area (Å²) in [6.07, 6.45) is 4.61. The highest BCUT2D eigenvalue weighted by Gasteiger charge is 2.26. The van der Waals surface area contributed by atoms with Crippen molar-refractivity contribution in [2.45, 2.75) is 38.5 Å². The summed E-state index contributed by atoms with van der Waals surface area (Å²) in [6, 6.07) is 6.31. The quantitative estimate of drug-likeness (QED) is 0.846. The Bertz CT molecular complexity index is 625. The van der Waals surface area contributed by atoms with Crippen LogP contribution in [0.3, 0.4) is 0 Å². The van der Waals surface area contributed by atoms with Crippen LogP contribution in [0.15, 0.2) is 18.2 Å². The standard InChI is InChI=1S/C20H28N2O3/c1-15-3-2-8-22(12-15)20(23)13-21-9-6-16(7-10-21)17-4-5-18-19(11-17)25-14-24-18/h4-5,11,15-16H,2-3,6-10,12-14H2,1H3. The maximum Gasteiger partial charge on any atom is 0.236 e. The van der Waals surface area contributed by atoms with Crippen LogP contribution in [0.4, 0.5) is 0 Å². The van der Waals surface area contributed by atoms with Crippen LogP contribution in [0.25, 0.3) is 0 Å². The molecule has 2 fully saturated rings. The van der Waals surface area contributed by atoms with Crippen LogP contribution in [0.5, 0.6) is 11.5 Å². The molecule has 136 valence electrons. The van der Waals surface area contributed by atoms with Gasteiger partial charge in [0, 0.05) is 13.1 Å². The zero-order chi connectivity index (χ0) is 17.2. The molecule has 25 heavy (non-hydrogen) atoms. The van der Waals surface area contributed by atoms with Gasteiger partial charge in [-0.1, -0.05) is 13.0 Å². The van der Waals surface area contributed by atoms with Crippen LogP contribution in [-0.2, 0) is 4.79 Å². The zero-order valence-corrected chi connectivity index (χ0v) is 15.1. The number of carbonyl (C=O) groups is 1. The molecule has 0 bridgehead atoms. The van der Waals surface area contributed by atoms with Crippen molar-refractivity contribution in [2.75, 3.05) is 39.5 Å². The SMILES string of the molecule is CC1CCCN(C(=O)CN2CCC(c3ccc4c(c3)OCO4)CC2)C1. The van der Waals surface area contributed by atoms with E-state index in [1.807, 2.05) is 6.07 Å². The van der Waals surface area contributed by atoms with Gasteiger partial charge in [-0.2, -0.15) is 0 Å². The number of rotatable bonds is 3. The average Bonchev–Trinajstić information content (AvgIpc) is 3.10. The van der Waals surface area contributed by atoms with E-state index in [9.17, 15) is 4.79 Å². The third-order valence-corrected chi connectivity index (χ3v) is 5.82. The van der Waals surface area contributed by atoms with Crippen LogP contribution in [0.2, 0.25) is 0 Å². The molecule has 5 heteroatoms. The van der Waals surface area contributed by atoms with E-state index in [1.54, 1.807) is 0 Å². The van der Waals surface area contributed by atoms with Gasteiger partial charge in [-0.15, -0.1) is 0 Å². The van der Waals surface area contributed by atoms with Crippen LogP contribution in [0.1, 0.15) is 44.1 Å². The molecule has 4 rings (SSSR count). The summed E-state index contributed by atoms with van der Waals surface area (Å²) in [4.78, 5) is 16.9. The fourth-order valence-corrected chi connectivity index (χ4v) is 4.30. The molecular weight excluding hydrogens is 316 g/mol. The molecule has 3 aliphatic rings. The van der Waals surface area contributed by atoms with Gasteiger partial charge in [0.1, 0.15) is 0 Å². The number of hydrogen-bond acceptors (Lipinski definition) is 4. The summed E-state index contributed by atoms with van der Waals surface area (Å²) in [5.41, 5.74) is 1.33. The lowest BCUT2D eigenvalue weighted by atomic mass is 9.89. The molecule has 2 saturated heterocycles. The largest absolute Gasteiger partial charge is 0.454 e. The lowest BCUT2D eigenvalue weighted by Crippen LogP contribution is -2.46. The van der Waals surface area contributed by atoms with Gasteiger partial charge in [0.05, 0.1) is 6.54 Å². The number of nitrogens with zero attached hydrogens (tertiary/aromatic N) is 2. The van der Waals surface area contributed by atoms with Crippen molar-refractivity contribution < 1.29 is 14.3 Å². The van der Waals surface area contributed by atoms with Crippen molar-refractivity contribution in [3.63, 3.8) is 0 Å². The van der Waals surface area contributed by atoms with E-state index in [4.69, 9.17) is 9.47 Å². The van der Waals surface area contributed by atoms with E-state index in [0.29, 0.717) is 31.1 Å². The topological polar surface area (TPSA) is 42.0 Å². The van der Waals surface area contributed by atoms with Gasteiger partial charge in [-0.25, -0.2) is 0 Å². The minimum absolute atomic E-state index is 0.313. The van der Waals surface area contributed by atoms with Crippen molar-refractivity contribution in [1.29, 1.82) is 0 Å². The molecule has 0 aromatic heterocycles. The van der Waals surface area contributed by atoms with Gasteiger partial charge in [-0.05, 0) is 68.3 Å². The second-order valence-corrected chi connectivity index (χ2v) is 7.75. The molecule has 3 heterocycles. The van der Waals surface area contributed by atoms with Gasteiger partial charge in [-0.3, -0.25) is 9.69 Å². The Morgan fingerprint density at radius 1 is 1.12 bits per heavy atom. The summed E-state index contributed by atoms with van der Waals surface area (Å²) in [5.74, 6) is 3.23. The summed E-state index contributed by atoms with van der Waals surface area (Å²) in [6.45, 7) is 7.02. The van der Waals surface area contributed by atoms with Gasteiger partial charge < -0.3 is 14.4 Å². The van der Waals surface area contributed by atoms with Crippen LogP contribution >= 0.6 is 0 Å². The van der Waals surface area contributed by atoms with Crippen LogP contribution < -0.4 is 9.47 Å². The molecule has 1 aromatic rings. The van der Waals surface area contributed by atoms with E-state index in [-0.39, 0.29) is 0 Å². The number of likely N-dealkylation sites (tertiary alicyclic amines) is 2. The second-order valence-electron chi connectivity index (χ2n) is 7.75. The number of piperidine rings is 2. The molecule has 1 atom stereocenters. The van der Waals surface area contributed by atoms with Crippen LogP contribution in [-0.4, -0.2) is 55.2 Å². The summed E-state index contributed by atoms with van der Waals surface area (Å²) in [5, 5.41) is 0. The number of benzene rings is 1. The molecule has 0 radical (unpaired) electrons. The second kappa shape index (κ2) is 7.24.